The molecule has 0 spiro atoms. The number of halogens is 1. The van der Waals surface area contributed by atoms with Crippen LogP contribution in [0.2, 0.25) is 0 Å². The number of hydrogen-bond donors (Lipinski definition) is 2. The molecule has 1 aliphatic heterocycles. The first-order valence-corrected chi connectivity index (χ1v) is 8.23. The summed E-state index contributed by atoms with van der Waals surface area (Å²) >= 11 is 0. The second-order valence-corrected chi connectivity index (χ2v) is 6.03. The van der Waals surface area contributed by atoms with E-state index in [1.165, 1.54) is 12.1 Å². The highest BCUT2D eigenvalue weighted by Crippen LogP contribution is 2.02. The summed E-state index contributed by atoms with van der Waals surface area (Å²) < 4.78 is 12.8. The van der Waals surface area contributed by atoms with Crippen LogP contribution in [0, 0.1) is 5.82 Å². The van der Waals surface area contributed by atoms with Crippen molar-refractivity contribution >= 4 is 11.8 Å². The van der Waals surface area contributed by atoms with E-state index < -0.39 is 0 Å². The summed E-state index contributed by atoms with van der Waals surface area (Å²) in [5.74, 6) is -0.329. The maximum Gasteiger partial charge on any atom is 0.236 e. The SMILES string of the molecule is CN(CC(=O)NCCc1ccc(F)cc1)CC(=O)N1CCNCC1. The van der Waals surface area contributed by atoms with Gasteiger partial charge in [0.25, 0.3) is 0 Å². The van der Waals surface area contributed by atoms with Gasteiger partial charge in [-0.15, -0.1) is 0 Å². The van der Waals surface area contributed by atoms with Crippen molar-refractivity contribution in [3.05, 3.63) is 35.6 Å². The van der Waals surface area contributed by atoms with Gasteiger partial charge in [0.05, 0.1) is 13.1 Å². The monoisotopic (exact) mass is 336 g/mol. The highest BCUT2D eigenvalue weighted by Gasteiger charge is 2.18. The molecule has 1 aliphatic rings. The Hall–Kier alpha value is -1.99. The van der Waals surface area contributed by atoms with Gasteiger partial charge < -0.3 is 15.5 Å². The number of carbonyl (C=O) groups is 2. The summed E-state index contributed by atoms with van der Waals surface area (Å²) in [5, 5.41) is 6.02. The average Bonchev–Trinajstić information content (AvgIpc) is 2.57. The molecule has 0 bridgehead atoms. The molecule has 7 heteroatoms. The molecule has 0 saturated carbocycles. The van der Waals surface area contributed by atoms with Crippen molar-refractivity contribution in [2.75, 3.05) is 52.9 Å². The van der Waals surface area contributed by atoms with Crippen molar-refractivity contribution in [1.29, 1.82) is 0 Å². The molecular weight excluding hydrogens is 311 g/mol. The topological polar surface area (TPSA) is 64.7 Å². The van der Waals surface area contributed by atoms with Gasteiger partial charge in [0.1, 0.15) is 5.82 Å². The lowest BCUT2D eigenvalue weighted by molar-refractivity contribution is -0.133. The number of likely N-dealkylation sites (N-methyl/N-ethyl adjacent to an activating group) is 1. The number of carbonyl (C=O) groups excluding carboxylic acids is 2. The second-order valence-electron chi connectivity index (χ2n) is 6.03. The summed E-state index contributed by atoms with van der Waals surface area (Å²) in [6, 6.07) is 6.23. The third-order valence-corrected chi connectivity index (χ3v) is 3.94. The van der Waals surface area contributed by atoms with E-state index in [1.807, 2.05) is 4.90 Å². The van der Waals surface area contributed by atoms with Gasteiger partial charge in [0.15, 0.2) is 0 Å². The molecule has 1 heterocycles. The third-order valence-electron chi connectivity index (χ3n) is 3.94. The highest BCUT2D eigenvalue weighted by atomic mass is 19.1. The Balaban J connectivity index is 1.63. The third kappa shape index (κ3) is 6.25. The molecule has 6 nitrogen and oxygen atoms in total. The molecule has 2 N–H and O–H groups in total. The standard InChI is InChI=1S/C17H25FN4O2/c1-21(13-17(24)22-10-8-19-9-11-22)12-16(23)20-7-6-14-2-4-15(18)5-3-14/h2-5,19H,6-13H2,1H3,(H,20,23). The molecule has 1 aromatic rings. The average molecular weight is 336 g/mol. The smallest absolute Gasteiger partial charge is 0.236 e. The van der Waals surface area contributed by atoms with Crippen molar-refractivity contribution in [3.63, 3.8) is 0 Å². The van der Waals surface area contributed by atoms with Gasteiger partial charge in [0, 0.05) is 32.7 Å². The molecule has 0 radical (unpaired) electrons. The van der Waals surface area contributed by atoms with E-state index in [2.05, 4.69) is 10.6 Å². The lowest BCUT2D eigenvalue weighted by Gasteiger charge is -2.29. The van der Waals surface area contributed by atoms with Gasteiger partial charge in [-0.05, 0) is 31.2 Å². The van der Waals surface area contributed by atoms with Crippen molar-refractivity contribution in [2.24, 2.45) is 0 Å². The lowest BCUT2D eigenvalue weighted by Crippen LogP contribution is -2.50. The lowest BCUT2D eigenvalue weighted by atomic mass is 10.1. The van der Waals surface area contributed by atoms with E-state index in [4.69, 9.17) is 0 Å². The Labute approximate surface area is 142 Å². The molecule has 0 aliphatic carbocycles. The first-order valence-electron chi connectivity index (χ1n) is 8.23. The number of rotatable bonds is 7. The normalized spacial score (nSPS) is 14.7. The molecule has 132 valence electrons. The Kier molecular flexibility index (Phi) is 7.14. The fraction of sp³-hybridized carbons (Fsp3) is 0.529. The fourth-order valence-electron chi connectivity index (χ4n) is 2.60. The maximum absolute atomic E-state index is 12.8. The molecular formula is C17H25FN4O2. The van der Waals surface area contributed by atoms with E-state index >= 15 is 0 Å². The largest absolute Gasteiger partial charge is 0.355 e. The molecule has 0 unspecified atom stereocenters. The van der Waals surface area contributed by atoms with Crippen LogP contribution >= 0.6 is 0 Å². The molecule has 2 amide bonds. The van der Waals surface area contributed by atoms with Gasteiger partial charge >= 0.3 is 0 Å². The predicted octanol–water partition coefficient (Wildman–Crippen LogP) is -0.152. The van der Waals surface area contributed by atoms with Crippen LogP contribution in [0.3, 0.4) is 0 Å². The highest BCUT2D eigenvalue weighted by molar-refractivity contribution is 5.81. The van der Waals surface area contributed by atoms with Crippen molar-refractivity contribution in [2.45, 2.75) is 6.42 Å². The number of piperazine rings is 1. The van der Waals surface area contributed by atoms with Crippen LogP contribution in [0.15, 0.2) is 24.3 Å². The first-order chi connectivity index (χ1) is 11.5. The number of nitrogens with zero attached hydrogens (tertiary/aromatic N) is 2. The van der Waals surface area contributed by atoms with E-state index in [0.717, 1.165) is 31.7 Å². The molecule has 0 aromatic heterocycles. The minimum Gasteiger partial charge on any atom is -0.355 e. The molecule has 1 aromatic carbocycles. The zero-order valence-electron chi connectivity index (χ0n) is 14.1. The van der Waals surface area contributed by atoms with Gasteiger partial charge in [-0.3, -0.25) is 14.5 Å². The van der Waals surface area contributed by atoms with E-state index in [1.54, 1.807) is 24.1 Å². The predicted molar refractivity (Wildman–Crippen MR) is 90.1 cm³/mol. The Morgan fingerprint density at radius 1 is 1.21 bits per heavy atom. The summed E-state index contributed by atoms with van der Waals surface area (Å²) in [5.41, 5.74) is 0.971. The van der Waals surface area contributed by atoms with Crippen LogP contribution in [-0.2, 0) is 16.0 Å². The number of hydrogen-bond acceptors (Lipinski definition) is 4. The zero-order valence-corrected chi connectivity index (χ0v) is 14.1. The van der Waals surface area contributed by atoms with E-state index in [0.29, 0.717) is 13.0 Å². The van der Waals surface area contributed by atoms with Crippen molar-refractivity contribution in [1.82, 2.24) is 20.4 Å². The molecule has 24 heavy (non-hydrogen) atoms. The molecule has 0 atom stereocenters. The molecule has 2 rings (SSSR count). The number of amides is 2. The first kappa shape index (κ1) is 18.4. The quantitative estimate of drug-likeness (QED) is 0.727. The van der Waals surface area contributed by atoms with Crippen LogP contribution in [0.1, 0.15) is 5.56 Å². The van der Waals surface area contributed by atoms with Crippen LogP contribution in [0.4, 0.5) is 4.39 Å². The van der Waals surface area contributed by atoms with Crippen LogP contribution in [0.25, 0.3) is 0 Å². The summed E-state index contributed by atoms with van der Waals surface area (Å²) in [4.78, 5) is 27.6. The number of benzene rings is 1. The fourth-order valence-corrected chi connectivity index (χ4v) is 2.60. The molecule has 1 saturated heterocycles. The van der Waals surface area contributed by atoms with E-state index in [9.17, 15) is 14.0 Å². The summed E-state index contributed by atoms with van der Waals surface area (Å²) in [6.07, 6.45) is 0.648. The summed E-state index contributed by atoms with van der Waals surface area (Å²) in [6.45, 7) is 3.99. The second kappa shape index (κ2) is 9.34. The Bertz CT molecular complexity index is 544. The van der Waals surface area contributed by atoms with Crippen molar-refractivity contribution in [3.8, 4) is 0 Å². The van der Waals surface area contributed by atoms with Gasteiger partial charge in [-0.25, -0.2) is 4.39 Å². The maximum atomic E-state index is 12.8. The zero-order chi connectivity index (χ0) is 17.4. The van der Waals surface area contributed by atoms with Gasteiger partial charge in [0.2, 0.25) is 11.8 Å². The number of nitrogens with one attached hydrogen (secondary N) is 2. The van der Waals surface area contributed by atoms with Crippen molar-refractivity contribution < 1.29 is 14.0 Å². The summed E-state index contributed by atoms with van der Waals surface area (Å²) in [7, 11) is 1.76. The van der Waals surface area contributed by atoms with E-state index in [-0.39, 0.29) is 30.7 Å². The minimum atomic E-state index is -0.265. The van der Waals surface area contributed by atoms with Crippen LogP contribution in [0.5, 0.6) is 0 Å². The van der Waals surface area contributed by atoms with Gasteiger partial charge in [-0.2, -0.15) is 0 Å². The van der Waals surface area contributed by atoms with Crippen LogP contribution < -0.4 is 10.6 Å². The van der Waals surface area contributed by atoms with Gasteiger partial charge in [-0.1, -0.05) is 12.1 Å². The Morgan fingerprint density at radius 2 is 1.88 bits per heavy atom. The van der Waals surface area contributed by atoms with Crippen LogP contribution in [-0.4, -0.2) is 74.5 Å². The Morgan fingerprint density at radius 3 is 2.54 bits per heavy atom. The molecule has 1 fully saturated rings. The minimum absolute atomic E-state index is 0.0538.